The second-order valence-electron chi connectivity index (χ2n) is 7.77. The molecular formula is C23H23F3N6O. The number of hydrogen-bond acceptors (Lipinski definition) is 5. The number of anilines is 3. The van der Waals surface area contributed by atoms with Crippen molar-refractivity contribution in [3.05, 3.63) is 66.2 Å². The lowest BCUT2D eigenvalue weighted by Crippen LogP contribution is -2.44. The van der Waals surface area contributed by atoms with Crippen molar-refractivity contribution in [1.82, 2.24) is 15.1 Å². The molecule has 0 aliphatic carbocycles. The Labute approximate surface area is 189 Å². The van der Waals surface area contributed by atoms with Crippen LogP contribution >= 0.6 is 0 Å². The molecule has 4 rings (SSSR count). The highest BCUT2D eigenvalue weighted by atomic mass is 19.4. The number of amides is 2. The van der Waals surface area contributed by atoms with Crippen LogP contribution in [0.5, 0.6) is 0 Å². The van der Waals surface area contributed by atoms with Crippen LogP contribution in [0.2, 0.25) is 0 Å². The van der Waals surface area contributed by atoms with Gasteiger partial charge in [0.1, 0.15) is 0 Å². The highest BCUT2D eigenvalue weighted by Crippen LogP contribution is 2.34. The van der Waals surface area contributed by atoms with Crippen LogP contribution < -0.4 is 15.5 Å². The van der Waals surface area contributed by atoms with Gasteiger partial charge in [-0.15, -0.1) is 10.2 Å². The quantitative estimate of drug-likeness (QED) is 0.602. The molecule has 1 aliphatic rings. The molecule has 2 aromatic carbocycles. The second kappa shape index (κ2) is 9.45. The first kappa shape index (κ1) is 22.5. The third kappa shape index (κ3) is 5.58. The number of halogens is 3. The van der Waals surface area contributed by atoms with E-state index in [2.05, 4.69) is 37.7 Å². The van der Waals surface area contributed by atoms with Gasteiger partial charge in [-0.05, 0) is 43.4 Å². The molecule has 0 radical (unpaired) electrons. The summed E-state index contributed by atoms with van der Waals surface area (Å²) in [5.74, 6) is 0.834. The van der Waals surface area contributed by atoms with Crippen LogP contribution in [0.25, 0.3) is 11.3 Å². The van der Waals surface area contributed by atoms with Gasteiger partial charge in [0.15, 0.2) is 5.82 Å². The minimum absolute atomic E-state index is 0.310. The van der Waals surface area contributed by atoms with E-state index in [1.54, 1.807) is 24.3 Å². The van der Waals surface area contributed by atoms with Crippen LogP contribution in [0.1, 0.15) is 5.56 Å². The highest BCUT2D eigenvalue weighted by molar-refractivity contribution is 6.00. The molecule has 1 fully saturated rings. The Hall–Kier alpha value is -3.66. The minimum atomic E-state index is -4.56. The molecule has 1 aromatic heterocycles. The number of carbonyl (C=O) groups excluding carboxylic acids is 1. The highest BCUT2D eigenvalue weighted by Gasteiger charge is 2.33. The van der Waals surface area contributed by atoms with E-state index in [0.717, 1.165) is 43.6 Å². The summed E-state index contributed by atoms with van der Waals surface area (Å²) in [5, 5.41) is 13.4. The maximum Gasteiger partial charge on any atom is 0.418 e. The number of carbonyl (C=O) groups is 1. The number of nitrogens with zero attached hydrogens (tertiary/aromatic N) is 4. The normalized spacial score (nSPS) is 14.7. The number of piperazine rings is 1. The molecule has 10 heteroatoms. The number of hydrogen-bond donors (Lipinski definition) is 2. The van der Waals surface area contributed by atoms with Crippen LogP contribution in [-0.2, 0) is 6.18 Å². The van der Waals surface area contributed by atoms with Gasteiger partial charge in [0, 0.05) is 37.4 Å². The first-order chi connectivity index (χ1) is 15.8. The number of nitrogens with one attached hydrogen (secondary N) is 2. The van der Waals surface area contributed by atoms with Crippen molar-refractivity contribution in [2.75, 3.05) is 48.8 Å². The topological polar surface area (TPSA) is 73.4 Å². The van der Waals surface area contributed by atoms with E-state index in [-0.39, 0.29) is 5.69 Å². The van der Waals surface area contributed by atoms with Crippen molar-refractivity contribution in [2.45, 2.75) is 6.18 Å². The number of likely N-dealkylation sites (N-methyl/N-ethyl adjacent to an activating group) is 1. The Morgan fingerprint density at radius 3 is 2.21 bits per heavy atom. The van der Waals surface area contributed by atoms with E-state index in [0.29, 0.717) is 11.4 Å². The Morgan fingerprint density at radius 1 is 0.879 bits per heavy atom. The van der Waals surface area contributed by atoms with Gasteiger partial charge in [-0.3, -0.25) is 0 Å². The average molecular weight is 456 g/mol. The molecule has 3 aromatic rings. The van der Waals surface area contributed by atoms with Crippen molar-refractivity contribution in [2.24, 2.45) is 0 Å². The van der Waals surface area contributed by atoms with Gasteiger partial charge >= 0.3 is 12.2 Å². The van der Waals surface area contributed by atoms with E-state index in [4.69, 9.17) is 0 Å². The zero-order valence-electron chi connectivity index (χ0n) is 17.9. The number of para-hydroxylation sites is 1. The van der Waals surface area contributed by atoms with E-state index in [9.17, 15) is 18.0 Å². The van der Waals surface area contributed by atoms with E-state index >= 15 is 0 Å². The fourth-order valence-electron chi connectivity index (χ4n) is 3.53. The maximum atomic E-state index is 13.1. The Kier molecular flexibility index (Phi) is 6.45. The molecule has 172 valence electrons. The monoisotopic (exact) mass is 456 g/mol. The predicted molar refractivity (Wildman–Crippen MR) is 121 cm³/mol. The van der Waals surface area contributed by atoms with Crippen molar-refractivity contribution < 1.29 is 18.0 Å². The van der Waals surface area contributed by atoms with Crippen LogP contribution in [0, 0.1) is 0 Å². The molecule has 2 N–H and O–H groups in total. The number of alkyl halides is 3. The summed E-state index contributed by atoms with van der Waals surface area (Å²) in [5.41, 5.74) is 0.704. The van der Waals surface area contributed by atoms with Gasteiger partial charge < -0.3 is 20.4 Å². The predicted octanol–water partition coefficient (Wildman–Crippen LogP) is 4.56. The Morgan fingerprint density at radius 2 is 1.58 bits per heavy atom. The third-order valence-electron chi connectivity index (χ3n) is 5.40. The molecule has 7 nitrogen and oxygen atoms in total. The van der Waals surface area contributed by atoms with Gasteiger partial charge in [0.05, 0.1) is 16.9 Å². The zero-order chi connectivity index (χ0) is 23.4. The summed E-state index contributed by atoms with van der Waals surface area (Å²) >= 11 is 0. The largest absolute Gasteiger partial charge is 0.418 e. The lowest BCUT2D eigenvalue weighted by Gasteiger charge is -2.32. The van der Waals surface area contributed by atoms with Crippen molar-refractivity contribution in [3.8, 4) is 11.3 Å². The SMILES string of the molecule is CN1CCN(c2ccc(-c3ccc(NC(=O)Nc4ccccc4C(F)(F)F)cc3)nn2)CC1. The smallest absolute Gasteiger partial charge is 0.353 e. The van der Waals surface area contributed by atoms with Crippen LogP contribution in [-0.4, -0.2) is 54.4 Å². The molecular weight excluding hydrogens is 433 g/mol. The van der Waals surface area contributed by atoms with E-state index in [1.807, 2.05) is 12.1 Å². The maximum absolute atomic E-state index is 13.1. The van der Waals surface area contributed by atoms with Gasteiger partial charge in [-0.2, -0.15) is 13.2 Å². The molecule has 0 saturated carbocycles. The lowest BCUT2D eigenvalue weighted by molar-refractivity contribution is -0.136. The molecule has 33 heavy (non-hydrogen) atoms. The fraction of sp³-hybridized carbons (Fsp3) is 0.261. The first-order valence-corrected chi connectivity index (χ1v) is 10.4. The summed E-state index contributed by atoms with van der Waals surface area (Å²) in [6.07, 6.45) is -4.56. The van der Waals surface area contributed by atoms with Gasteiger partial charge in [-0.25, -0.2) is 4.79 Å². The first-order valence-electron chi connectivity index (χ1n) is 10.4. The summed E-state index contributed by atoms with van der Waals surface area (Å²) in [7, 11) is 2.09. The second-order valence-corrected chi connectivity index (χ2v) is 7.77. The summed E-state index contributed by atoms with van der Waals surface area (Å²) in [6, 6.07) is 14.7. The lowest BCUT2D eigenvalue weighted by atomic mass is 10.1. The minimum Gasteiger partial charge on any atom is -0.353 e. The standard InChI is InChI=1S/C23H23F3N6O/c1-31-12-14-32(15-13-31)21-11-10-19(29-30-21)16-6-8-17(9-7-16)27-22(33)28-20-5-3-2-4-18(20)23(24,25)26/h2-11H,12-15H2,1H3,(H2,27,28,33). The Balaban J connectivity index is 1.38. The molecule has 1 saturated heterocycles. The van der Waals surface area contributed by atoms with E-state index < -0.39 is 17.8 Å². The summed E-state index contributed by atoms with van der Waals surface area (Å²) < 4.78 is 39.3. The van der Waals surface area contributed by atoms with Gasteiger partial charge in [-0.1, -0.05) is 24.3 Å². The fourth-order valence-corrected chi connectivity index (χ4v) is 3.53. The van der Waals surface area contributed by atoms with Crippen LogP contribution in [0.15, 0.2) is 60.7 Å². The molecule has 1 aliphatic heterocycles. The van der Waals surface area contributed by atoms with Crippen LogP contribution in [0.4, 0.5) is 35.2 Å². The number of urea groups is 1. The number of benzene rings is 2. The molecule has 0 bridgehead atoms. The molecule has 2 heterocycles. The third-order valence-corrected chi connectivity index (χ3v) is 5.40. The van der Waals surface area contributed by atoms with Gasteiger partial charge in [0.25, 0.3) is 0 Å². The summed E-state index contributed by atoms with van der Waals surface area (Å²) in [4.78, 5) is 16.7. The van der Waals surface area contributed by atoms with Crippen LogP contribution in [0.3, 0.4) is 0 Å². The number of rotatable bonds is 4. The number of aromatic nitrogens is 2. The molecule has 0 spiro atoms. The zero-order valence-corrected chi connectivity index (χ0v) is 17.9. The van der Waals surface area contributed by atoms with Gasteiger partial charge in [0.2, 0.25) is 0 Å². The molecule has 0 atom stereocenters. The molecule has 0 unspecified atom stereocenters. The van der Waals surface area contributed by atoms with Crippen molar-refractivity contribution >= 4 is 23.2 Å². The van der Waals surface area contributed by atoms with E-state index in [1.165, 1.54) is 18.2 Å². The Bertz CT molecular complexity index is 1090. The average Bonchev–Trinajstić information content (AvgIpc) is 2.80. The van der Waals surface area contributed by atoms with Crippen molar-refractivity contribution in [1.29, 1.82) is 0 Å². The molecule has 2 amide bonds. The van der Waals surface area contributed by atoms with Crippen molar-refractivity contribution in [3.63, 3.8) is 0 Å². The summed E-state index contributed by atoms with van der Waals surface area (Å²) in [6.45, 7) is 3.77.